The van der Waals surface area contributed by atoms with Gasteiger partial charge in [0.15, 0.2) is 5.78 Å². The van der Waals surface area contributed by atoms with Gasteiger partial charge in [-0.15, -0.1) is 0 Å². The lowest BCUT2D eigenvalue weighted by Gasteiger charge is -2.14. The molecule has 64 valence electrons. The zero-order valence-electron chi connectivity index (χ0n) is 7.59. The molecule has 1 atom stereocenters. The van der Waals surface area contributed by atoms with Crippen molar-refractivity contribution in [3.05, 3.63) is 11.6 Å². The smallest absolute Gasteiger partial charge is 0.152 e. The molecule has 2 nitrogen and oxygen atoms in total. The van der Waals surface area contributed by atoms with Gasteiger partial charge in [-0.2, -0.15) is 0 Å². The molecule has 0 radical (unpaired) electrons. The van der Waals surface area contributed by atoms with Crippen LogP contribution in [0.2, 0.25) is 0 Å². The van der Waals surface area contributed by atoms with E-state index in [0.717, 1.165) is 5.57 Å². The maximum atomic E-state index is 10.6. The van der Waals surface area contributed by atoms with E-state index in [1.807, 2.05) is 13.8 Å². The maximum absolute atomic E-state index is 10.6. The van der Waals surface area contributed by atoms with Crippen LogP contribution in [0.15, 0.2) is 11.6 Å². The monoisotopic (exact) mass is 156 g/mol. The summed E-state index contributed by atoms with van der Waals surface area (Å²) in [7, 11) is 0. The van der Waals surface area contributed by atoms with E-state index >= 15 is 0 Å². The summed E-state index contributed by atoms with van der Waals surface area (Å²) in [4.78, 5) is 10.6. The fraction of sp³-hybridized carbons (Fsp3) is 0.667. The molecule has 0 aromatic heterocycles. The third-order valence-electron chi connectivity index (χ3n) is 1.53. The quantitative estimate of drug-likeness (QED) is 0.629. The molecular formula is C9H16O2. The minimum Gasteiger partial charge on any atom is -0.388 e. The van der Waals surface area contributed by atoms with Crippen molar-refractivity contribution >= 4 is 5.78 Å². The van der Waals surface area contributed by atoms with Gasteiger partial charge in [0, 0.05) is 0 Å². The number of aliphatic hydroxyl groups excluding tert-OH is 1. The molecule has 0 heterocycles. The molecule has 0 aliphatic carbocycles. The molecular weight excluding hydrogens is 140 g/mol. The van der Waals surface area contributed by atoms with Crippen molar-refractivity contribution in [2.24, 2.45) is 5.92 Å². The van der Waals surface area contributed by atoms with E-state index in [2.05, 4.69) is 0 Å². The molecule has 0 saturated heterocycles. The number of carbonyl (C=O) groups excluding carboxylic acids is 1. The SMILES string of the molecule is CC(=O)C=C(C)C(O)C(C)C. The molecule has 0 saturated carbocycles. The first-order chi connectivity index (χ1) is 4.95. The van der Waals surface area contributed by atoms with Gasteiger partial charge in [-0.25, -0.2) is 0 Å². The number of allylic oxidation sites excluding steroid dienone is 1. The highest BCUT2D eigenvalue weighted by molar-refractivity contribution is 5.87. The van der Waals surface area contributed by atoms with Gasteiger partial charge in [0.1, 0.15) is 0 Å². The van der Waals surface area contributed by atoms with Crippen molar-refractivity contribution in [1.82, 2.24) is 0 Å². The minimum atomic E-state index is -0.487. The summed E-state index contributed by atoms with van der Waals surface area (Å²) in [6.45, 7) is 7.09. The first-order valence-corrected chi connectivity index (χ1v) is 3.82. The van der Waals surface area contributed by atoms with Gasteiger partial charge >= 0.3 is 0 Å². The molecule has 1 N–H and O–H groups in total. The molecule has 0 aliphatic heterocycles. The van der Waals surface area contributed by atoms with Crippen molar-refractivity contribution in [3.63, 3.8) is 0 Å². The molecule has 0 aromatic rings. The fourth-order valence-corrected chi connectivity index (χ4v) is 0.932. The number of carbonyl (C=O) groups is 1. The van der Waals surface area contributed by atoms with Gasteiger partial charge in [-0.3, -0.25) is 4.79 Å². The average Bonchev–Trinajstić information content (AvgIpc) is 1.84. The van der Waals surface area contributed by atoms with Crippen LogP contribution in [0.5, 0.6) is 0 Å². The summed E-state index contributed by atoms with van der Waals surface area (Å²) in [5.41, 5.74) is 0.743. The Morgan fingerprint density at radius 1 is 1.36 bits per heavy atom. The number of aliphatic hydroxyl groups is 1. The van der Waals surface area contributed by atoms with Crippen LogP contribution in [0.4, 0.5) is 0 Å². The molecule has 2 heteroatoms. The summed E-state index contributed by atoms with van der Waals surface area (Å²) in [5, 5.41) is 9.42. The average molecular weight is 156 g/mol. The van der Waals surface area contributed by atoms with E-state index < -0.39 is 6.10 Å². The lowest BCUT2D eigenvalue weighted by molar-refractivity contribution is -0.112. The molecule has 0 amide bonds. The molecule has 11 heavy (non-hydrogen) atoms. The van der Waals surface area contributed by atoms with Gasteiger partial charge in [0.2, 0.25) is 0 Å². The van der Waals surface area contributed by atoms with E-state index in [4.69, 9.17) is 0 Å². The van der Waals surface area contributed by atoms with Gasteiger partial charge in [0.25, 0.3) is 0 Å². The van der Waals surface area contributed by atoms with Crippen LogP contribution in [0.1, 0.15) is 27.7 Å². The fourth-order valence-electron chi connectivity index (χ4n) is 0.932. The molecule has 0 spiro atoms. The summed E-state index contributed by atoms with van der Waals surface area (Å²) >= 11 is 0. The summed E-state index contributed by atoms with van der Waals surface area (Å²) in [6, 6.07) is 0. The van der Waals surface area contributed by atoms with Crippen LogP contribution in [0, 0.1) is 5.92 Å². The van der Waals surface area contributed by atoms with Crippen molar-refractivity contribution in [2.75, 3.05) is 0 Å². The predicted octanol–water partition coefficient (Wildman–Crippen LogP) is 1.54. The van der Waals surface area contributed by atoms with E-state index in [1.165, 1.54) is 13.0 Å². The van der Waals surface area contributed by atoms with Crippen LogP contribution in [0.3, 0.4) is 0 Å². The Balaban J connectivity index is 4.23. The Hall–Kier alpha value is -0.630. The Morgan fingerprint density at radius 2 is 1.82 bits per heavy atom. The van der Waals surface area contributed by atoms with E-state index in [9.17, 15) is 9.90 Å². The first kappa shape index (κ1) is 10.4. The van der Waals surface area contributed by atoms with E-state index in [-0.39, 0.29) is 11.7 Å². The largest absolute Gasteiger partial charge is 0.388 e. The van der Waals surface area contributed by atoms with Crippen molar-refractivity contribution in [3.8, 4) is 0 Å². The number of ketones is 1. The maximum Gasteiger partial charge on any atom is 0.152 e. The second-order valence-corrected chi connectivity index (χ2v) is 3.19. The topological polar surface area (TPSA) is 37.3 Å². The summed E-state index contributed by atoms with van der Waals surface area (Å²) in [5.74, 6) is 0.160. The van der Waals surface area contributed by atoms with Crippen LogP contribution < -0.4 is 0 Å². The van der Waals surface area contributed by atoms with Crippen molar-refractivity contribution in [2.45, 2.75) is 33.8 Å². The van der Waals surface area contributed by atoms with E-state index in [0.29, 0.717) is 0 Å². The third kappa shape index (κ3) is 3.94. The lowest BCUT2D eigenvalue weighted by atomic mass is 10.00. The second-order valence-electron chi connectivity index (χ2n) is 3.19. The number of hydrogen-bond donors (Lipinski definition) is 1. The number of rotatable bonds is 3. The molecule has 0 bridgehead atoms. The molecule has 1 unspecified atom stereocenters. The van der Waals surface area contributed by atoms with E-state index in [1.54, 1.807) is 6.92 Å². The Kier molecular flexibility index (Phi) is 4.04. The van der Waals surface area contributed by atoms with Gasteiger partial charge in [-0.05, 0) is 31.4 Å². The Morgan fingerprint density at radius 3 is 2.09 bits per heavy atom. The molecule has 0 aliphatic rings. The number of hydrogen-bond acceptors (Lipinski definition) is 2. The van der Waals surface area contributed by atoms with Crippen molar-refractivity contribution in [1.29, 1.82) is 0 Å². The van der Waals surface area contributed by atoms with Crippen LogP contribution >= 0.6 is 0 Å². The Bertz CT molecular complexity index is 168. The highest BCUT2D eigenvalue weighted by Gasteiger charge is 2.10. The minimum absolute atomic E-state index is 0.0119. The van der Waals surface area contributed by atoms with Crippen molar-refractivity contribution < 1.29 is 9.90 Å². The van der Waals surface area contributed by atoms with Gasteiger partial charge in [-0.1, -0.05) is 13.8 Å². The zero-order valence-corrected chi connectivity index (χ0v) is 7.59. The standard InChI is InChI=1S/C9H16O2/c1-6(2)9(11)7(3)5-8(4)10/h5-6,9,11H,1-4H3. The molecule has 0 fully saturated rings. The summed E-state index contributed by atoms with van der Waals surface area (Å²) in [6.07, 6.45) is 0.990. The Labute approximate surface area is 67.9 Å². The van der Waals surface area contributed by atoms with Crippen LogP contribution in [-0.2, 0) is 4.79 Å². The normalized spacial score (nSPS) is 15.3. The van der Waals surface area contributed by atoms with Crippen LogP contribution in [0.25, 0.3) is 0 Å². The van der Waals surface area contributed by atoms with Gasteiger partial charge < -0.3 is 5.11 Å². The highest BCUT2D eigenvalue weighted by Crippen LogP contribution is 2.10. The first-order valence-electron chi connectivity index (χ1n) is 3.82. The summed E-state index contributed by atoms with van der Waals surface area (Å²) < 4.78 is 0. The lowest BCUT2D eigenvalue weighted by Crippen LogP contribution is -2.16. The molecule has 0 rings (SSSR count). The van der Waals surface area contributed by atoms with Crippen LogP contribution in [-0.4, -0.2) is 17.0 Å². The highest BCUT2D eigenvalue weighted by atomic mass is 16.3. The van der Waals surface area contributed by atoms with Gasteiger partial charge in [0.05, 0.1) is 6.10 Å². The second kappa shape index (κ2) is 4.29. The molecule has 0 aromatic carbocycles. The predicted molar refractivity (Wildman–Crippen MR) is 45.3 cm³/mol. The zero-order chi connectivity index (χ0) is 9.02. The third-order valence-corrected chi connectivity index (χ3v) is 1.53.